The van der Waals surface area contributed by atoms with Crippen molar-refractivity contribution < 1.29 is 0 Å². The van der Waals surface area contributed by atoms with Crippen molar-refractivity contribution in [3.8, 4) is 5.69 Å². The zero-order valence-corrected chi connectivity index (χ0v) is 9.72. The van der Waals surface area contributed by atoms with Gasteiger partial charge in [0, 0.05) is 18.9 Å². The van der Waals surface area contributed by atoms with Crippen LogP contribution in [0.1, 0.15) is 13.8 Å². The molecule has 0 unspecified atom stereocenters. The summed E-state index contributed by atoms with van der Waals surface area (Å²) in [7, 11) is 0. The van der Waals surface area contributed by atoms with E-state index in [1.54, 1.807) is 6.20 Å². The van der Waals surface area contributed by atoms with E-state index in [9.17, 15) is 0 Å². The number of nitrogens with zero attached hydrogens (tertiary/aromatic N) is 2. The summed E-state index contributed by atoms with van der Waals surface area (Å²) in [6.07, 6.45) is 5.56. The number of rotatable bonds is 4. The monoisotopic (exact) mass is 215 g/mol. The second-order valence-electron chi connectivity index (χ2n) is 4.26. The van der Waals surface area contributed by atoms with E-state index in [-0.39, 0.29) is 0 Å². The summed E-state index contributed by atoms with van der Waals surface area (Å²) in [5, 5.41) is 3.45. The predicted molar refractivity (Wildman–Crippen MR) is 66.9 cm³/mol. The summed E-state index contributed by atoms with van der Waals surface area (Å²) in [6, 6.07) is 8.26. The summed E-state index contributed by atoms with van der Waals surface area (Å²) in [4.78, 5) is 4.07. The molecule has 1 heterocycles. The zero-order valence-electron chi connectivity index (χ0n) is 9.72. The van der Waals surface area contributed by atoms with Crippen LogP contribution in [0.2, 0.25) is 0 Å². The Morgan fingerprint density at radius 3 is 2.81 bits per heavy atom. The van der Waals surface area contributed by atoms with Crippen LogP contribution >= 0.6 is 0 Å². The van der Waals surface area contributed by atoms with Gasteiger partial charge in [-0.2, -0.15) is 0 Å². The average Bonchev–Trinajstić information content (AvgIpc) is 2.80. The fourth-order valence-electron chi connectivity index (χ4n) is 1.56. The lowest BCUT2D eigenvalue weighted by Crippen LogP contribution is -2.09. The molecular formula is C13H17N3. The first-order chi connectivity index (χ1) is 7.77. The topological polar surface area (TPSA) is 29.9 Å². The highest BCUT2D eigenvalue weighted by Gasteiger charge is 2.03. The molecule has 0 spiro atoms. The third-order valence-corrected chi connectivity index (χ3v) is 2.39. The van der Waals surface area contributed by atoms with Gasteiger partial charge in [-0.25, -0.2) is 4.98 Å². The van der Waals surface area contributed by atoms with Crippen LogP contribution in [0.25, 0.3) is 5.69 Å². The third-order valence-electron chi connectivity index (χ3n) is 2.39. The Morgan fingerprint density at radius 2 is 2.12 bits per heavy atom. The van der Waals surface area contributed by atoms with Gasteiger partial charge in [0.05, 0.1) is 17.7 Å². The van der Waals surface area contributed by atoms with Crippen LogP contribution in [-0.4, -0.2) is 16.1 Å². The number of nitrogens with one attached hydrogen (secondary N) is 1. The molecule has 0 fully saturated rings. The fourth-order valence-corrected chi connectivity index (χ4v) is 1.56. The lowest BCUT2D eigenvalue weighted by Gasteiger charge is -2.13. The Hall–Kier alpha value is -1.77. The highest BCUT2D eigenvalue weighted by molar-refractivity contribution is 5.60. The Morgan fingerprint density at radius 1 is 1.31 bits per heavy atom. The van der Waals surface area contributed by atoms with E-state index < -0.39 is 0 Å². The molecule has 2 aromatic rings. The highest BCUT2D eigenvalue weighted by atomic mass is 15.0. The largest absolute Gasteiger partial charge is 0.383 e. The second kappa shape index (κ2) is 4.84. The number of benzene rings is 1. The maximum Gasteiger partial charge on any atom is 0.0992 e. The molecule has 3 nitrogen and oxygen atoms in total. The van der Waals surface area contributed by atoms with Gasteiger partial charge in [0.1, 0.15) is 0 Å². The number of anilines is 1. The molecule has 1 aromatic carbocycles. The molecule has 16 heavy (non-hydrogen) atoms. The molecule has 1 N–H and O–H groups in total. The van der Waals surface area contributed by atoms with Crippen LogP contribution in [0.15, 0.2) is 43.0 Å². The van der Waals surface area contributed by atoms with Crippen LogP contribution in [0.5, 0.6) is 0 Å². The molecule has 0 saturated heterocycles. The summed E-state index contributed by atoms with van der Waals surface area (Å²) in [6.45, 7) is 5.38. The van der Waals surface area contributed by atoms with Gasteiger partial charge < -0.3 is 9.88 Å². The zero-order chi connectivity index (χ0) is 11.4. The van der Waals surface area contributed by atoms with Crippen LogP contribution in [0, 0.1) is 5.92 Å². The number of aromatic nitrogens is 2. The van der Waals surface area contributed by atoms with Crippen molar-refractivity contribution in [2.75, 3.05) is 11.9 Å². The van der Waals surface area contributed by atoms with Crippen LogP contribution < -0.4 is 5.32 Å². The lowest BCUT2D eigenvalue weighted by atomic mass is 10.2. The Balaban J connectivity index is 2.24. The minimum absolute atomic E-state index is 0.635. The van der Waals surface area contributed by atoms with Gasteiger partial charge >= 0.3 is 0 Å². The molecule has 0 radical (unpaired) electrons. The molecule has 1 aromatic heterocycles. The van der Waals surface area contributed by atoms with Crippen molar-refractivity contribution in [3.63, 3.8) is 0 Å². The van der Waals surface area contributed by atoms with Crippen molar-refractivity contribution >= 4 is 5.69 Å². The Bertz CT molecular complexity index is 432. The van der Waals surface area contributed by atoms with Crippen molar-refractivity contribution in [1.29, 1.82) is 0 Å². The summed E-state index contributed by atoms with van der Waals surface area (Å²) >= 11 is 0. The number of para-hydroxylation sites is 2. The van der Waals surface area contributed by atoms with E-state index in [1.165, 1.54) is 0 Å². The van der Waals surface area contributed by atoms with Gasteiger partial charge in [0.15, 0.2) is 0 Å². The van der Waals surface area contributed by atoms with Gasteiger partial charge in [0.2, 0.25) is 0 Å². The summed E-state index contributed by atoms with van der Waals surface area (Å²) < 4.78 is 2.02. The number of hydrogen-bond donors (Lipinski definition) is 1. The predicted octanol–water partition coefficient (Wildman–Crippen LogP) is 2.94. The van der Waals surface area contributed by atoms with Gasteiger partial charge in [0.25, 0.3) is 0 Å². The van der Waals surface area contributed by atoms with E-state index in [2.05, 4.69) is 36.3 Å². The van der Waals surface area contributed by atoms with E-state index >= 15 is 0 Å². The molecule has 0 aliphatic rings. The van der Waals surface area contributed by atoms with E-state index in [0.29, 0.717) is 5.92 Å². The van der Waals surface area contributed by atoms with Crippen molar-refractivity contribution in [2.24, 2.45) is 5.92 Å². The minimum Gasteiger partial charge on any atom is -0.383 e. The minimum atomic E-state index is 0.635. The molecular weight excluding hydrogens is 198 g/mol. The molecule has 84 valence electrons. The smallest absolute Gasteiger partial charge is 0.0992 e. The highest BCUT2D eigenvalue weighted by Crippen LogP contribution is 2.19. The molecule has 0 saturated carbocycles. The summed E-state index contributed by atoms with van der Waals surface area (Å²) in [5.74, 6) is 0.635. The van der Waals surface area contributed by atoms with Gasteiger partial charge in [-0.3, -0.25) is 0 Å². The standard InChI is InChI=1S/C13H17N3/c1-11(2)9-15-12-5-3-4-6-13(12)16-8-7-14-10-16/h3-8,10-11,15H,9H2,1-2H3. The molecule has 0 atom stereocenters. The van der Waals surface area contributed by atoms with Crippen molar-refractivity contribution in [3.05, 3.63) is 43.0 Å². The van der Waals surface area contributed by atoms with Gasteiger partial charge in [-0.1, -0.05) is 26.0 Å². The Kier molecular flexibility index (Phi) is 3.25. The SMILES string of the molecule is CC(C)CNc1ccccc1-n1ccnc1. The first-order valence-electron chi connectivity index (χ1n) is 5.58. The molecule has 3 heteroatoms. The van der Waals surface area contributed by atoms with Crippen LogP contribution in [0.3, 0.4) is 0 Å². The van der Waals surface area contributed by atoms with E-state index in [4.69, 9.17) is 0 Å². The maximum atomic E-state index is 4.07. The lowest BCUT2D eigenvalue weighted by molar-refractivity contribution is 0.688. The third kappa shape index (κ3) is 2.42. The number of hydrogen-bond acceptors (Lipinski definition) is 2. The van der Waals surface area contributed by atoms with Crippen molar-refractivity contribution in [1.82, 2.24) is 9.55 Å². The van der Waals surface area contributed by atoms with Gasteiger partial charge in [-0.05, 0) is 18.1 Å². The normalized spacial score (nSPS) is 10.7. The van der Waals surface area contributed by atoms with Gasteiger partial charge in [-0.15, -0.1) is 0 Å². The second-order valence-corrected chi connectivity index (χ2v) is 4.26. The Labute approximate surface area is 96.1 Å². The summed E-state index contributed by atoms with van der Waals surface area (Å²) in [5.41, 5.74) is 2.29. The molecule has 0 amide bonds. The molecule has 2 rings (SSSR count). The average molecular weight is 215 g/mol. The first-order valence-corrected chi connectivity index (χ1v) is 5.58. The molecule has 0 aliphatic carbocycles. The van der Waals surface area contributed by atoms with Crippen LogP contribution in [0.4, 0.5) is 5.69 Å². The fraction of sp³-hybridized carbons (Fsp3) is 0.308. The first kappa shape index (κ1) is 10.7. The van der Waals surface area contributed by atoms with Crippen molar-refractivity contribution in [2.45, 2.75) is 13.8 Å². The van der Waals surface area contributed by atoms with Crippen LogP contribution in [-0.2, 0) is 0 Å². The number of imidazole rings is 1. The van der Waals surface area contributed by atoms with E-state index in [1.807, 2.05) is 29.2 Å². The molecule has 0 aliphatic heterocycles. The quantitative estimate of drug-likeness (QED) is 0.849. The van der Waals surface area contributed by atoms with E-state index in [0.717, 1.165) is 17.9 Å². The molecule has 0 bridgehead atoms. The maximum absolute atomic E-state index is 4.07.